The van der Waals surface area contributed by atoms with Gasteiger partial charge in [-0.3, -0.25) is 20.0 Å². The van der Waals surface area contributed by atoms with Crippen LogP contribution in [-0.4, -0.2) is 33.2 Å². The molecule has 0 bridgehead atoms. The summed E-state index contributed by atoms with van der Waals surface area (Å²) in [7, 11) is 1.55. The Labute approximate surface area is 200 Å². The summed E-state index contributed by atoms with van der Waals surface area (Å²) in [5.74, 6) is 0.302. The van der Waals surface area contributed by atoms with Crippen LogP contribution in [0.2, 0.25) is 0 Å². The number of thioether (sulfide) groups is 1. The van der Waals surface area contributed by atoms with Gasteiger partial charge in [0.05, 0.1) is 12.0 Å². The number of amides is 2. The molecular weight excluding hydrogens is 458 g/mol. The number of hydrogen-bond donors (Lipinski definition) is 1. The van der Waals surface area contributed by atoms with Crippen LogP contribution in [0.25, 0.3) is 6.08 Å². The van der Waals surface area contributed by atoms with Gasteiger partial charge in [-0.2, -0.15) is 5.01 Å². The Morgan fingerprint density at radius 3 is 2.61 bits per heavy atom. The minimum Gasteiger partial charge on any atom is -0.493 e. The van der Waals surface area contributed by atoms with Crippen molar-refractivity contribution in [1.29, 1.82) is 0 Å². The van der Waals surface area contributed by atoms with E-state index >= 15 is 0 Å². The Morgan fingerprint density at radius 2 is 1.88 bits per heavy atom. The lowest BCUT2D eigenvalue weighted by molar-refractivity contribution is -0.123. The van der Waals surface area contributed by atoms with Gasteiger partial charge in [0.25, 0.3) is 11.8 Å². The minimum absolute atomic E-state index is 0.250. The molecule has 0 unspecified atom stereocenters. The molecule has 7 nitrogen and oxygen atoms in total. The number of hydrogen-bond acceptors (Lipinski definition) is 7. The van der Waals surface area contributed by atoms with E-state index < -0.39 is 11.8 Å². The number of ether oxygens (including phenoxy) is 2. The van der Waals surface area contributed by atoms with Crippen LogP contribution in [0.3, 0.4) is 0 Å². The van der Waals surface area contributed by atoms with Crippen molar-refractivity contribution in [2.75, 3.05) is 7.11 Å². The average Bonchev–Trinajstić information content (AvgIpc) is 3.11. The molecule has 2 aromatic carbocycles. The molecule has 33 heavy (non-hydrogen) atoms. The van der Waals surface area contributed by atoms with Crippen LogP contribution in [0.4, 0.5) is 0 Å². The molecule has 0 aliphatic carbocycles. The van der Waals surface area contributed by atoms with E-state index in [1.54, 1.807) is 62.0 Å². The van der Waals surface area contributed by atoms with Gasteiger partial charge in [-0.05, 0) is 65.8 Å². The van der Waals surface area contributed by atoms with Crippen molar-refractivity contribution in [3.05, 3.63) is 94.7 Å². The van der Waals surface area contributed by atoms with Gasteiger partial charge < -0.3 is 9.47 Å². The molecule has 0 spiro atoms. The van der Waals surface area contributed by atoms with Gasteiger partial charge in [0.1, 0.15) is 6.61 Å². The number of aromatic nitrogens is 1. The predicted octanol–water partition coefficient (Wildman–Crippen LogP) is 4.22. The second-order valence-corrected chi connectivity index (χ2v) is 8.55. The summed E-state index contributed by atoms with van der Waals surface area (Å²) in [4.78, 5) is 29.6. The van der Waals surface area contributed by atoms with Crippen LogP contribution in [-0.2, 0) is 11.4 Å². The first-order chi connectivity index (χ1) is 16.0. The standard InChI is InChI=1S/C24H19N3O4S2/c1-30-20-13-17(7-8-19(20)31-15-16-9-11-25-12-10-16)14-21-23(29)27(24(32)33-21)26-22(28)18-5-3-2-4-6-18/h2-14H,15H2,1H3,(H,26,28)/b21-14-. The van der Waals surface area contributed by atoms with Crippen molar-refractivity contribution in [1.82, 2.24) is 15.4 Å². The summed E-state index contributed by atoms with van der Waals surface area (Å²) in [5.41, 5.74) is 4.72. The molecule has 1 saturated heterocycles. The smallest absolute Gasteiger partial charge is 0.285 e. The van der Waals surface area contributed by atoms with E-state index in [-0.39, 0.29) is 4.32 Å². The van der Waals surface area contributed by atoms with E-state index in [0.29, 0.717) is 28.6 Å². The highest BCUT2D eigenvalue weighted by Crippen LogP contribution is 2.34. The highest BCUT2D eigenvalue weighted by atomic mass is 32.2. The van der Waals surface area contributed by atoms with Crippen molar-refractivity contribution in [2.45, 2.75) is 6.61 Å². The Morgan fingerprint density at radius 1 is 1.12 bits per heavy atom. The summed E-state index contributed by atoms with van der Waals surface area (Å²) in [6.45, 7) is 0.373. The average molecular weight is 478 g/mol. The Kier molecular flexibility index (Phi) is 7.01. The third-order valence-electron chi connectivity index (χ3n) is 4.67. The van der Waals surface area contributed by atoms with Gasteiger partial charge in [-0.1, -0.05) is 36.0 Å². The number of methoxy groups -OCH3 is 1. The van der Waals surface area contributed by atoms with E-state index in [9.17, 15) is 9.59 Å². The van der Waals surface area contributed by atoms with Crippen molar-refractivity contribution in [3.63, 3.8) is 0 Å². The lowest BCUT2D eigenvalue weighted by Crippen LogP contribution is -2.44. The third kappa shape index (κ3) is 5.39. The van der Waals surface area contributed by atoms with Crippen molar-refractivity contribution >= 4 is 46.2 Å². The monoisotopic (exact) mass is 477 g/mol. The molecule has 1 aliphatic rings. The van der Waals surface area contributed by atoms with Crippen LogP contribution in [0, 0.1) is 0 Å². The maximum Gasteiger partial charge on any atom is 0.285 e. The first-order valence-corrected chi connectivity index (χ1v) is 11.1. The number of rotatable bonds is 7. The third-order valence-corrected chi connectivity index (χ3v) is 5.97. The molecular formula is C24H19N3O4S2. The molecule has 1 fully saturated rings. The van der Waals surface area contributed by atoms with Crippen LogP contribution in [0.15, 0.2) is 78.0 Å². The molecule has 0 saturated carbocycles. The maximum absolute atomic E-state index is 12.8. The van der Waals surface area contributed by atoms with E-state index in [2.05, 4.69) is 10.4 Å². The molecule has 4 rings (SSSR count). The number of nitrogens with one attached hydrogen (secondary N) is 1. The topological polar surface area (TPSA) is 80.8 Å². The Balaban J connectivity index is 1.47. The number of thiocarbonyl (C=S) groups is 1. The van der Waals surface area contributed by atoms with Gasteiger partial charge in [0, 0.05) is 18.0 Å². The highest BCUT2D eigenvalue weighted by Gasteiger charge is 2.33. The number of pyridine rings is 1. The molecule has 1 aromatic heterocycles. The predicted molar refractivity (Wildman–Crippen MR) is 130 cm³/mol. The van der Waals surface area contributed by atoms with Crippen LogP contribution in [0.1, 0.15) is 21.5 Å². The van der Waals surface area contributed by atoms with Gasteiger partial charge in [-0.25, -0.2) is 0 Å². The summed E-state index contributed by atoms with van der Waals surface area (Å²) in [5, 5.41) is 1.09. The summed E-state index contributed by atoms with van der Waals surface area (Å²) >= 11 is 6.41. The zero-order valence-electron chi connectivity index (χ0n) is 17.6. The molecule has 2 amide bonds. The molecule has 3 aromatic rings. The number of hydrazine groups is 1. The maximum atomic E-state index is 12.8. The van der Waals surface area contributed by atoms with Crippen LogP contribution in [0.5, 0.6) is 11.5 Å². The van der Waals surface area contributed by atoms with E-state index in [0.717, 1.165) is 27.9 Å². The minimum atomic E-state index is -0.412. The van der Waals surface area contributed by atoms with E-state index in [4.69, 9.17) is 21.7 Å². The molecule has 1 N–H and O–H groups in total. The lowest BCUT2D eigenvalue weighted by atomic mass is 10.2. The van der Waals surface area contributed by atoms with Crippen molar-refractivity contribution in [2.24, 2.45) is 0 Å². The second kappa shape index (κ2) is 10.3. The quantitative estimate of drug-likeness (QED) is 0.403. The lowest BCUT2D eigenvalue weighted by Gasteiger charge is -2.15. The van der Waals surface area contributed by atoms with Gasteiger partial charge >= 0.3 is 0 Å². The number of carbonyl (C=O) groups excluding carboxylic acids is 2. The van der Waals surface area contributed by atoms with Crippen molar-refractivity contribution in [3.8, 4) is 11.5 Å². The molecule has 0 atom stereocenters. The number of carbonyl (C=O) groups is 2. The second-order valence-electron chi connectivity index (χ2n) is 6.88. The fourth-order valence-corrected chi connectivity index (χ4v) is 4.18. The van der Waals surface area contributed by atoms with Gasteiger partial charge in [0.15, 0.2) is 15.8 Å². The van der Waals surface area contributed by atoms with Gasteiger partial charge in [0.2, 0.25) is 0 Å². The fraction of sp³-hybridized carbons (Fsp3) is 0.0833. The number of benzene rings is 2. The Hall–Kier alpha value is -3.69. The molecule has 9 heteroatoms. The molecule has 1 aliphatic heterocycles. The van der Waals surface area contributed by atoms with E-state index in [1.165, 1.54) is 0 Å². The van der Waals surface area contributed by atoms with Crippen LogP contribution >= 0.6 is 24.0 Å². The normalized spacial score (nSPS) is 14.5. The van der Waals surface area contributed by atoms with E-state index in [1.807, 2.05) is 24.3 Å². The first-order valence-electron chi connectivity index (χ1n) is 9.89. The SMILES string of the molecule is COc1cc(/C=C2\SC(=S)N(NC(=O)c3ccccc3)C2=O)ccc1OCc1ccncc1. The molecule has 0 radical (unpaired) electrons. The molecule has 166 valence electrons. The summed E-state index contributed by atoms with van der Waals surface area (Å²) in [6, 6.07) is 17.7. The zero-order chi connectivity index (χ0) is 23.2. The van der Waals surface area contributed by atoms with Crippen LogP contribution < -0.4 is 14.9 Å². The first kappa shape index (κ1) is 22.5. The zero-order valence-corrected chi connectivity index (χ0v) is 19.2. The highest BCUT2D eigenvalue weighted by molar-refractivity contribution is 8.26. The molecule has 2 heterocycles. The largest absolute Gasteiger partial charge is 0.493 e. The van der Waals surface area contributed by atoms with Crippen molar-refractivity contribution < 1.29 is 19.1 Å². The summed E-state index contributed by atoms with van der Waals surface area (Å²) < 4.78 is 11.6. The van der Waals surface area contributed by atoms with Gasteiger partial charge in [-0.15, -0.1) is 0 Å². The summed E-state index contributed by atoms with van der Waals surface area (Å²) in [6.07, 6.45) is 5.11. The Bertz CT molecular complexity index is 1220. The number of nitrogens with zero attached hydrogens (tertiary/aromatic N) is 2. The fourth-order valence-electron chi connectivity index (χ4n) is 3.00.